The number of carbonyl (C=O) groups is 2. The molecule has 2 amide bonds. The standard InChI is InChI=1S/C25H23N3O3S/c1-17(25-27-20-13-7-9-15-22(20)32-25)28(2)23(29)16-31-21-14-8-6-12-19(21)24(30)26-18-10-4-3-5-11-18/h3-15,17H,16H2,1-2H3,(H,26,30). The number of anilines is 1. The van der Waals surface area contributed by atoms with Gasteiger partial charge in [0, 0.05) is 12.7 Å². The molecule has 7 heteroatoms. The van der Waals surface area contributed by atoms with Crippen LogP contribution in [0.5, 0.6) is 5.75 Å². The van der Waals surface area contributed by atoms with E-state index in [4.69, 9.17) is 4.74 Å². The molecule has 1 heterocycles. The number of likely N-dealkylation sites (N-methyl/N-ethyl adjacent to an activating group) is 1. The van der Waals surface area contributed by atoms with Crippen molar-refractivity contribution in [2.45, 2.75) is 13.0 Å². The van der Waals surface area contributed by atoms with Gasteiger partial charge in [-0.05, 0) is 43.3 Å². The minimum absolute atomic E-state index is 0.179. The van der Waals surface area contributed by atoms with Gasteiger partial charge in [0.15, 0.2) is 6.61 Å². The highest BCUT2D eigenvalue weighted by molar-refractivity contribution is 7.18. The molecule has 1 unspecified atom stereocenters. The largest absolute Gasteiger partial charge is 0.483 e. The number of hydrogen-bond acceptors (Lipinski definition) is 5. The van der Waals surface area contributed by atoms with Crippen molar-refractivity contribution in [3.05, 3.63) is 89.4 Å². The number of amides is 2. The van der Waals surface area contributed by atoms with Gasteiger partial charge in [0.1, 0.15) is 10.8 Å². The lowest BCUT2D eigenvalue weighted by Gasteiger charge is -2.23. The molecular formula is C25H23N3O3S. The van der Waals surface area contributed by atoms with Gasteiger partial charge in [0.25, 0.3) is 11.8 Å². The molecule has 3 aromatic carbocycles. The molecule has 32 heavy (non-hydrogen) atoms. The van der Waals surface area contributed by atoms with E-state index in [0.717, 1.165) is 15.2 Å². The Labute approximate surface area is 190 Å². The Kier molecular flexibility index (Phi) is 6.47. The lowest BCUT2D eigenvalue weighted by Crippen LogP contribution is -2.33. The Bertz CT molecular complexity index is 1210. The van der Waals surface area contributed by atoms with E-state index in [9.17, 15) is 9.59 Å². The monoisotopic (exact) mass is 445 g/mol. The van der Waals surface area contributed by atoms with Crippen LogP contribution in [-0.2, 0) is 4.79 Å². The van der Waals surface area contributed by atoms with E-state index < -0.39 is 0 Å². The maximum Gasteiger partial charge on any atom is 0.260 e. The van der Waals surface area contributed by atoms with Crippen LogP contribution >= 0.6 is 11.3 Å². The predicted molar refractivity (Wildman–Crippen MR) is 127 cm³/mol. The van der Waals surface area contributed by atoms with Crippen LogP contribution in [0, 0.1) is 0 Å². The summed E-state index contributed by atoms with van der Waals surface area (Å²) in [5.74, 6) is -0.138. The molecule has 0 saturated carbocycles. The number of nitrogens with zero attached hydrogens (tertiary/aromatic N) is 2. The smallest absolute Gasteiger partial charge is 0.260 e. The van der Waals surface area contributed by atoms with E-state index >= 15 is 0 Å². The molecule has 0 aliphatic heterocycles. The van der Waals surface area contributed by atoms with Gasteiger partial charge in [-0.25, -0.2) is 4.98 Å². The summed E-state index contributed by atoms with van der Waals surface area (Å²) in [7, 11) is 1.73. The molecule has 0 saturated heterocycles. The van der Waals surface area contributed by atoms with E-state index in [1.54, 1.807) is 47.5 Å². The van der Waals surface area contributed by atoms with Gasteiger partial charge in [-0.1, -0.05) is 42.5 Å². The van der Waals surface area contributed by atoms with Crippen LogP contribution in [0.2, 0.25) is 0 Å². The minimum Gasteiger partial charge on any atom is -0.483 e. The molecule has 1 N–H and O–H groups in total. The van der Waals surface area contributed by atoms with Crippen molar-refractivity contribution < 1.29 is 14.3 Å². The SMILES string of the molecule is CC(c1nc2ccccc2s1)N(C)C(=O)COc1ccccc1C(=O)Nc1ccccc1. The highest BCUT2D eigenvalue weighted by Gasteiger charge is 2.22. The average molecular weight is 446 g/mol. The highest BCUT2D eigenvalue weighted by atomic mass is 32.1. The fraction of sp³-hybridized carbons (Fsp3) is 0.160. The number of ether oxygens (including phenoxy) is 1. The molecule has 0 fully saturated rings. The summed E-state index contributed by atoms with van der Waals surface area (Å²) in [4.78, 5) is 31.8. The molecule has 1 atom stereocenters. The van der Waals surface area contributed by atoms with Gasteiger partial charge in [-0.3, -0.25) is 9.59 Å². The quantitative estimate of drug-likeness (QED) is 0.427. The molecular weight excluding hydrogens is 422 g/mol. The van der Waals surface area contributed by atoms with Crippen LogP contribution in [0.25, 0.3) is 10.2 Å². The van der Waals surface area contributed by atoms with Crippen LogP contribution in [0.3, 0.4) is 0 Å². The second kappa shape index (κ2) is 9.62. The lowest BCUT2D eigenvalue weighted by atomic mass is 10.2. The van der Waals surface area contributed by atoms with Gasteiger partial charge in [-0.2, -0.15) is 0 Å². The van der Waals surface area contributed by atoms with Crippen LogP contribution < -0.4 is 10.1 Å². The summed E-state index contributed by atoms with van der Waals surface area (Å²) in [6.45, 7) is 1.76. The number of benzene rings is 3. The van der Waals surface area contributed by atoms with Crippen molar-refractivity contribution in [1.82, 2.24) is 9.88 Å². The third-order valence-corrected chi connectivity index (χ3v) is 6.36. The number of carbonyl (C=O) groups excluding carboxylic acids is 2. The second-order valence-electron chi connectivity index (χ2n) is 7.31. The summed E-state index contributed by atoms with van der Waals surface area (Å²) < 4.78 is 6.84. The fourth-order valence-electron chi connectivity index (χ4n) is 3.19. The van der Waals surface area contributed by atoms with Crippen LogP contribution in [0.15, 0.2) is 78.9 Å². The number of nitrogens with one attached hydrogen (secondary N) is 1. The molecule has 0 aliphatic rings. The van der Waals surface area contributed by atoms with Crippen molar-refractivity contribution in [1.29, 1.82) is 0 Å². The molecule has 6 nitrogen and oxygen atoms in total. The molecule has 4 aromatic rings. The van der Waals surface area contributed by atoms with Gasteiger partial charge in [0.05, 0.1) is 21.8 Å². The van der Waals surface area contributed by atoms with Crippen molar-refractivity contribution in [3.63, 3.8) is 0 Å². The Morgan fingerprint density at radius 3 is 2.47 bits per heavy atom. The molecule has 0 bridgehead atoms. The minimum atomic E-state index is -0.296. The predicted octanol–water partition coefficient (Wildman–Crippen LogP) is 5.15. The normalized spacial score (nSPS) is 11.7. The lowest BCUT2D eigenvalue weighted by molar-refractivity contribution is -0.134. The van der Waals surface area contributed by atoms with Crippen molar-refractivity contribution >= 4 is 39.1 Å². The molecule has 0 aliphatic carbocycles. The summed E-state index contributed by atoms with van der Waals surface area (Å²) >= 11 is 1.57. The van der Waals surface area contributed by atoms with Crippen molar-refractivity contribution in [2.24, 2.45) is 0 Å². The summed E-state index contributed by atoms with van der Waals surface area (Å²) in [5, 5.41) is 3.71. The van der Waals surface area contributed by atoms with Crippen LogP contribution in [0.4, 0.5) is 5.69 Å². The maximum absolute atomic E-state index is 12.8. The second-order valence-corrected chi connectivity index (χ2v) is 8.37. The van der Waals surface area contributed by atoms with Gasteiger partial charge < -0.3 is 15.0 Å². The fourth-order valence-corrected chi connectivity index (χ4v) is 4.25. The number of aromatic nitrogens is 1. The zero-order valence-electron chi connectivity index (χ0n) is 17.8. The van der Waals surface area contributed by atoms with E-state index in [1.807, 2.05) is 61.5 Å². The van der Waals surface area contributed by atoms with E-state index in [1.165, 1.54) is 0 Å². The molecule has 4 rings (SSSR count). The zero-order valence-corrected chi connectivity index (χ0v) is 18.6. The number of thiazole rings is 1. The van der Waals surface area contributed by atoms with Gasteiger partial charge in [0.2, 0.25) is 0 Å². The van der Waals surface area contributed by atoms with Crippen LogP contribution in [-0.4, -0.2) is 35.4 Å². The topological polar surface area (TPSA) is 71.5 Å². The van der Waals surface area contributed by atoms with E-state index in [2.05, 4.69) is 10.3 Å². The Morgan fingerprint density at radius 2 is 1.69 bits per heavy atom. The molecule has 1 aromatic heterocycles. The van der Waals surface area contributed by atoms with Gasteiger partial charge >= 0.3 is 0 Å². The van der Waals surface area contributed by atoms with Crippen molar-refractivity contribution in [3.8, 4) is 5.75 Å². The Morgan fingerprint density at radius 1 is 1.00 bits per heavy atom. The van der Waals surface area contributed by atoms with E-state index in [0.29, 0.717) is 17.0 Å². The number of para-hydroxylation sites is 3. The first-order chi connectivity index (χ1) is 15.5. The molecule has 0 radical (unpaired) electrons. The summed E-state index contributed by atoms with van der Waals surface area (Å²) in [5.41, 5.74) is 1.98. The van der Waals surface area contributed by atoms with Crippen LogP contribution in [0.1, 0.15) is 28.3 Å². The number of rotatable bonds is 7. The number of fused-ring (bicyclic) bond motifs is 1. The van der Waals surface area contributed by atoms with E-state index in [-0.39, 0.29) is 24.5 Å². The third kappa shape index (κ3) is 4.78. The molecule has 162 valence electrons. The maximum atomic E-state index is 12.8. The first-order valence-electron chi connectivity index (χ1n) is 10.2. The first-order valence-corrected chi connectivity index (χ1v) is 11.0. The third-order valence-electron chi connectivity index (χ3n) is 5.16. The Hall–Kier alpha value is -3.71. The molecule has 0 spiro atoms. The summed E-state index contributed by atoms with van der Waals surface area (Å²) in [6.07, 6.45) is 0. The van der Waals surface area contributed by atoms with Crippen molar-refractivity contribution in [2.75, 3.05) is 19.0 Å². The van der Waals surface area contributed by atoms with Gasteiger partial charge in [-0.15, -0.1) is 11.3 Å². The average Bonchev–Trinajstić information content (AvgIpc) is 3.26. The highest BCUT2D eigenvalue weighted by Crippen LogP contribution is 2.29. The number of hydrogen-bond donors (Lipinski definition) is 1. The zero-order chi connectivity index (χ0) is 22.5. The Balaban J connectivity index is 1.41. The summed E-state index contributed by atoms with van der Waals surface area (Å²) in [6, 6.07) is 23.8. The first kappa shape index (κ1) is 21.5.